The number of aryl methyl sites for hydroxylation is 1. The Morgan fingerprint density at radius 3 is 2.29 bits per heavy atom. The topological polar surface area (TPSA) is 24.1 Å². The van der Waals surface area contributed by atoms with Crippen molar-refractivity contribution in [2.75, 3.05) is 5.32 Å². The molecule has 0 aliphatic carbocycles. The molecule has 0 aliphatic heterocycles. The average Bonchev–Trinajstić information content (AvgIpc) is 2.60. The summed E-state index contributed by atoms with van der Waals surface area (Å²) in [7, 11) is 0. The Balaban J connectivity index is 1.77. The summed E-state index contributed by atoms with van der Waals surface area (Å²) in [6.45, 7) is 6.64. The highest BCUT2D eigenvalue weighted by Gasteiger charge is 2.06. The van der Waals surface area contributed by atoms with Crippen LogP contribution in [0, 0.1) is 0 Å². The lowest BCUT2D eigenvalue weighted by Gasteiger charge is -2.17. The summed E-state index contributed by atoms with van der Waals surface area (Å²) >= 11 is 5.43. The molecule has 0 radical (unpaired) electrons. The Morgan fingerprint density at radius 1 is 1.00 bits per heavy atom. The lowest BCUT2D eigenvalue weighted by Crippen LogP contribution is -2.36. The van der Waals surface area contributed by atoms with Gasteiger partial charge in [0, 0.05) is 11.7 Å². The van der Waals surface area contributed by atoms with E-state index >= 15 is 0 Å². The summed E-state index contributed by atoms with van der Waals surface area (Å²) in [5.41, 5.74) is 3.78. The number of nitrogens with one attached hydrogen (secondary N) is 2. The maximum atomic E-state index is 5.43. The molecule has 2 atom stereocenters. The molecule has 0 bridgehead atoms. The highest BCUT2D eigenvalue weighted by atomic mass is 32.1. The number of rotatable bonds is 7. The van der Waals surface area contributed by atoms with E-state index in [0.717, 1.165) is 24.9 Å². The van der Waals surface area contributed by atoms with Gasteiger partial charge in [0.25, 0.3) is 0 Å². The molecule has 2 N–H and O–H groups in total. The number of benzene rings is 2. The second kappa shape index (κ2) is 9.43. The van der Waals surface area contributed by atoms with E-state index in [9.17, 15) is 0 Å². The van der Waals surface area contributed by atoms with Crippen LogP contribution in [0.3, 0.4) is 0 Å². The van der Waals surface area contributed by atoms with Crippen molar-refractivity contribution in [3.05, 3.63) is 65.7 Å². The molecule has 0 saturated carbocycles. The molecular weight excluding hydrogens is 312 g/mol. The summed E-state index contributed by atoms with van der Waals surface area (Å²) in [6.07, 6.45) is 3.27. The van der Waals surface area contributed by atoms with Crippen LogP contribution in [0.4, 0.5) is 5.69 Å². The number of hydrogen-bond donors (Lipinski definition) is 2. The van der Waals surface area contributed by atoms with E-state index in [4.69, 9.17) is 12.2 Å². The summed E-state index contributed by atoms with van der Waals surface area (Å²) in [6, 6.07) is 19.5. The lowest BCUT2D eigenvalue weighted by atomic mass is 9.99. The van der Waals surface area contributed by atoms with Crippen molar-refractivity contribution >= 4 is 23.0 Å². The van der Waals surface area contributed by atoms with Gasteiger partial charge in [0.15, 0.2) is 5.11 Å². The first kappa shape index (κ1) is 18.5. The zero-order valence-electron chi connectivity index (χ0n) is 14.9. The molecule has 2 aromatic rings. The molecule has 0 aliphatic rings. The van der Waals surface area contributed by atoms with Crippen molar-refractivity contribution in [1.82, 2.24) is 5.32 Å². The maximum Gasteiger partial charge on any atom is 0.170 e. The van der Waals surface area contributed by atoms with Gasteiger partial charge in [-0.25, -0.2) is 0 Å². The molecule has 0 saturated heterocycles. The Hall–Kier alpha value is -1.87. The third-order valence-electron chi connectivity index (χ3n) is 4.44. The molecule has 0 fully saturated rings. The van der Waals surface area contributed by atoms with Crippen LogP contribution in [0.25, 0.3) is 0 Å². The third-order valence-corrected chi connectivity index (χ3v) is 4.66. The first-order valence-electron chi connectivity index (χ1n) is 8.80. The molecule has 0 aromatic heterocycles. The molecule has 2 rings (SSSR count). The van der Waals surface area contributed by atoms with Crippen LogP contribution in [0.5, 0.6) is 0 Å². The van der Waals surface area contributed by atoms with Gasteiger partial charge in [-0.2, -0.15) is 0 Å². The van der Waals surface area contributed by atoms with Crippen LogP contribution in [-0.2, 0) is 6.42 Å². The Labute approximate surface area is 151 Å². The number of hydrogen-bond acceptors (Lipinski definition) is 1. The highest BCUT2D eigenvalue weighted by molar-refractivity contribution is 7.80. The summed E-state index contributed by atoms with van der Waals surface area (Å²) in [4.78, 5) is 0. The fraction of sp³-hybridized carbons (Fsp3) is 0.381. The summed E-state index contributed by atoms with van der Waals surface area (Å²) in [5, 5.41) is 7.33. The van der Waals surface area contributed by atoms with E-state index in [-0.39, 0.29) is 0 Å². The fourth-order valence-electron chi connectivity index (χ4n) is 2.62. The Bertz CT molecular complexity index is 622. The van der Waals surface area contributed by atoms with Gasteiger partial charge in [0.1, 0.15) is 0 Å². The highest BCUT2D eigenvalue weighted by Crippen LogP contribution is 2.20. The van der Waals surface area contributed by atoms with Gasteiger partial charge in [-0.15, -0.1) is 0 Å². The number of thiocarbonyl (C=S) groups is 1. The SMILES string of the molecule is CCC(C)c1ccc(NC(=S)NC(C)CCc2ccccc2)cc1. The van der Waals surface area contributed by atoms with Crippen LogP contribution < -0.4 is 10.6 Å². The minimum Gasteiger partial charge on any atom is -0.360 e. The van der Waals surface area contributed by atoms with Gasteiger partial charge in [-0.3, -0.25) is 0 Å². The summed E-state index contributed by atoms with van der Waals surface area (Å²) in [5.74, 6) is 0.599. The molecule has 128 valence electrons. The van der Waals surface area contributed by atoms with E-state index in [1.807, 2.05) is 0 Å². The molecule has 3 heteroatoms. The van der Waals surface area contributed by atoms with Crippen molar-refractivity contribution in [3.63, 3.8) is 0 Å². The second-order valence-electron chi connectivity index (χ2n) is 6.46. The maximum absolute atomic E-state index is 5.43. The standard InChI is InChI=1S/C21H28N2S/c1-4-16(2)19-12-14-20(15-13-19)23-21(24)22-17(3)10-11-18-8-6-5-7-9-18/h5-9,12-17H,4,10-11H2,1-3H3,(H2,22,23,24). The average molecular weight is 341 g/mol. The Kier molecular flexibility index (Phi) is 7.26. The molecule has 24 heavy (non-hydrogen) atoms. The third kappa shape index (κ3) is 5.97. The molecule has 0 spiro atoms. The minimum absolute atomic E-state index is 0.338. The largest absolute Gasteiger partial charge is 0.360 e. The van der Waals surface area contributed by atoms with Crippen LogP contribution in [0.1, 0.15) is 50.7 Å². The van der Waals surface area contributed by atoms with E-state index in [2.05, 4.69) is 86.0 Å². The van der Waals surface area contributed by atoms with Crippen molar-refractivity contribution in [2.45, 2.75) is 52.0 Å². The van der Waals surface area contributed by atoms with Gasteiger partial charge in [0.05, 0.1) is 0 Å². The van der Waals surface area contributed by atoms with E-state index in [0.29, 0.717) is 17.1 Å². The van der Waals surface area contributed by atoms with Crippen LogP contribution in [0.2, 0.25) is 0 Å². The second-order valence-corrected chi connectivity index (χ2v) is 6.86. The molecular formula is C21H28N2S. The molecule has 0 amide bonds. The zero-order chi connectivity index (χ0) is 17.4. The molecule has 0 heterocycles. The van der Waals surface area contributed by atoms with Crippen LogP contribution in [0.15, 0.2) is 54.6 Å². The first-order chi connectivity index (χ1) is 11.6. The Morgan fingerprint density at radius 2 is 1.67 bits per heavy atom. The van der Waals surface area contributed by atoms with E-state index < -0.39 is 0 Å². The lowest BCUT2D eigenvalue weighted by molar-refractivity contribution is 0.609. The normalized spacial score (nSPS) is 13.1. The van der Waals surface area contributed by atoms with E-state index in [1.54, 1.807) is 0 Å². The predicted molar refractivity (Wildman–Crippen MR) is 109 cm³/mol. The van der Waals surface area contributed by atoms with Gasteiger partial charge in [-0.1, -0.05) is 56.3 Å². The van der Waals surface area contributed by atoms with Crippen LogP contribution in [-0.4, -0.2) is 11.2 Å². The van der Waals surface area contributed by atoms with Gasteiger partial charge < -0.3 is 10.6 Å². The van der Waals surface area contributed by atoms with Crippen molar-refractivity contribution in [2.24, 2.45) is 0 Å². The van der Waals surface area contributed by atoms with Crippen molar-refractivity contribution < 1.29 is 0 Å². The molecule has 2 nitrogen and oxygen atoms in total. The monoisotopic (exact) mass is 340 g/mol. The predicted octanol–water partition coefficient (Wildman–Crippen LogP) is 5.51. The fourth-order valence-corrected chi connectivity index (χ4v) is 2.94. The molecule has 2 unspecified atom stereocenters. The van der Waals surface area contributed by atoms with Crippen molar-refractivity contribution in [3.8, 4) is 0 Å². The zero-order valence-corrected chi connectivity index (χ0v) is 15.7. The van der Waals surface area contributed by atoms with Gasteiger partial charge >= 0.3 is 0 Å². The van der Waals surface area contributed by atoms with Crippen LogP contribution >= 0.6 is 12.2 Å². The number of anilines is 1. The first-order valence-corrected chi connectivity index (χ1v) is 9.20. The van der Waals surface area contributed by atoms with Crippen molar-refractivity contribution in [1.29, 1.82) is 0 Å². The van der Waals surface area contributed by atoms with Gasteiger partial charge in [0.2, 0.25) is 0 Å². The molecule has 2 aromatic carbocycles. The minimum atomic E-state index is 0.338. The quantitative estimate of drug-likeness (QED) is 0.650. The van der Waals surface area contributed by atoms with Gasteiger partial charge in [-0.05, 0) is 67.6 Å². The smallest absolute Gasteiger partial charge is 0.170 e. The van der Waals surface area contributed by atoms with E-state index in [1.165, 1.54) is 11.1 Å². The summed E-state index contributed by atoms with van der Waals surface area (Å²) < 4.78 is 0.